The Labute approximate surface area is 149 Å². The van der Waals surface area contributed by atoms with Gasteiger partial charge in [-0.3, -0.25) is 10.1 Å². The van der Waals surface area contributed by atoms with Crippen molar-refractivity contribution in [2.45, 2.75) is 11.5 Å². The second-order valence-corrected chi connectivity index (χ2v) is 7.54. The van der Waals surface area contributed by atoms with Crippen molar-refractivity contribution in [1.82, 2.24) is 4.31 Å². The van der Waals surface area contributed by atoms with E-state index in [4.69, 9.17) is 4.74 Å². The minimum atomic E-state index is -3.87. The molecule has 2 rings (SSSR count). The number of para-hydroxylation sites is 1. The number of benzene rings is 2. The van der Waals surface area contributed by atoms with E-state index in [9.17, 15) is 27.7 Å². The van der Waals surface area contributed by atoms with Crippen molar-refractivity contribution in [2.75, 3.05) is 14.1 Å². The van der Waals surface area contributed by atoms with E-state index in [1.807, 2.05) is 0 Å². The summed E-state index contributed by atoms with van der Waals surface area (Å²) in [6, 6.07) is 8.37. The molecule has 0 aliphatic heterocycles. The molecule has 0 aromatic heterocycles. The van der Waals surface area contributed by atoms with Gasteiger partial charge in [0.1, 0.15) is 12.4 Å². The van der Waals surface area contributed by atoms with Gasteiger partial charge in [-0.25, -0.2) is 21.9 Å². The van der Waals surface area contributed by atoms with E-state index in [-0.39, 0.29) is 16.1 Å². The first-order chi connectivity index (χ1) is 12.1. The van der Waals surface area contributed by atoms with Crippen LogP contribution in [0.4, 0.5) is 10.1 Å². The van der Waals surface area contributed by atoms with Crippen molar-refractivity contribution in [1.29, 1.82) is 0 Å². The van der Waals surface area contributed by atoms with Gasteiger partial charge in [-0.05, 0) is 24.3 Å². The molecule has 0 N–H and O–H groups in total. The van der Waals surface area contributed by atoms with Gasteiger partial charge in [-0.15, -0.1) is 0 Å². The van der Waals surface area contributed by atoms with Crippen LogP contribution in [0, 0.1) is 15.9 Å². The number of hydrogen-bond donors (Lipinski definition) is 0. The maximum absolute atomic E-state index is 13.9. The molecule has 0 spiro atoms. The van der Waals surface area contributed by atoms with Crippen LogP contribution in [0.2, 0.25) is 0 Å². The van der Waals surface area contributed by atoms with E-state index in [0.29, 0.717) is 0 Å². The Balaban J connectivity index is 2.27. The number of carbonyl (C=O) groups excluding carboxylic acids is 1. The zero-order valence-electron chi connectivity index (χ0n) is 13.9. The highest BCUT2D eigenvalue weighted by Crippen LogP contribution is 2.21. The normalized spacial score (nSPS) is 11.4. The Morgan fingerprint density at radius 1 is 1.23 bits per heavy atom. The van der Waals surface area contributed by atoms with E-state index in [1.54, 1.807) is 0 Å². The maximum Gasteiger partial charge on any atom is 0.341 e. The largest absolute Gasteiger partial charge is 0.457 e. The summed E-state index contributed by atoms with van der Waals surface area (Å²) in [4.78, 5) is 22.2. The zero-order valence-corrected chi connectivity index (χ0v) is 14.7. The van der Waals surface area contributed by atoms with Crippen LogP contribution in [0.1, 0.15) is 15.9 Å². The third-order valence-electron chi connectivity index (χ3n) is 3.48. The Kier molecular flexibility index (Phi) is 5.68. The van der Waals surface area contributed by atoms with Gasteiger partial charge in [0.2, 0.25) is 10.0 Å². The van der Waals surface area contributed by atoms with Crippen LogP contribution in [-0.2, 0) is 21.4 Å². The Morgan fingerprint density at radius 3 is 2.50 bits per heavy atom. The summed E-state index contributed by atoms with van der Waals surface area (Å²) < 4.78 is 44.0. The predicted octanol–water partition coefficient (Wildman–Crippen LogP) is 2.34. The number of carbonyl (C=O) groups is 1. The molecule has 8 nitrogen and oxygen atoms in total. The highest BCUT2D eigenvalue weighted by molar-refractivity contribution is 7.89. The lowest BCUT2D eigenvalue weighted by Crippen LogP contribution is -2.22. The van der Waals surface area contributed by atoms with Gasteiger partial charge in [0.05, 0.1) is 20.9 Å². The van der Waals surface area contributed by atoms with Crippen LogP contribution in [-0.4, -0.2) is 37.7 Å². The Hall–Kier alpha value is -2.85. The topological polar surface area (TPSA) is 107 Å². The average Bonchev–Trinajstić information content (AvgIpc) is 2.59. The zero-order chi connectivity index (χ0) is 19.5. The second kappa shape index (κ2) is 7.58. The van der Waals surface area contributed by atoms with Crippen molar-refractivity contribution in [2.24, 2.45) is 0 Å². The standard InChI is InChI=1S/C16H15FN2O6S/c1-18(2)26(23,24)12-7-8-14(17)13(9-12)16(20)25-10-11-5-3-4-6-15(11)19(21)22/h3-9H,10H2,1-2H3. The van der Waals surface area contributed by atoms with E-state index in [0.717, 1.165) is 22.5 Å². The molecule has 0 amide bonds. The minimum absolute atomic E-state index is 0.128. The van der Waals surface area contributed by atoms with Crippen LogP contribution in [0.15, 0.2) is 47.4 Å². The van der Waals surface area contributed by atoms with Gasteiger partial charge in [-0.2, -0.15) is 0 Å². The van der Waals surface area contributed by atoms with E-state index in [2.05, 4.69) is 0 Å². The number of nitrogens with zero attached hydrogens (tertiary/aromatic N) is 2. The molecular weight excluding hydrogens is 367 g/mol. The van der Waals surface area contributed by atoms with E-state index >= 15 is 0 Å². The molecule has 10 heteroatoms. The molecule has 0 bridgehead atoms. The Morgan fingerprint density at radius 2 is 1.88 bits per heavy atom. The van der Waals surface area contributed by atoms with E-state index < -0.39 is 38.9 Å². The number of rotatable bonds is 6. The van der Waals surface area contributed by atoms with Gasteiger partial charge < -0.3 is 4.74 Å². The molecule has 26 heavy (non-hydrogen) atoms. The minimum Gasteiger partial charge on any atom is -0.457 e. The quantitative estimate of drug-likeness (QED) is 0.431. The summed E-state index contributed by atoms with van der Waals surface area (Å²) in [7, 11) is -1.27. The number of nitro groups is 1. The first-order valence-electron chi connectivity index (χ1n) is 7.26. The lowest BCUT2D eigenvalue weighted by atomic mass is 10.2. The second-order valence-electron chi connectivity index (χ2n) is 5.39. The van der Waals surface area contributed by atoms with Gasteiger partial charge in [-0.1, -0.05) is 12.1 Å². The molecule has 0 heterocycles. The van der Waals surface area contributed by atoms with Gasteiger partial charge in [0, 0.05) is 20.2 Å². The van der Waals surface area contributed by atoms with Crippen molar-refractivity contribution < 1.29 is 27.3 Å². The van der Waals surface area contributed by atoms with Crippen LogP contribution in [0.3, 0.4) is 0 Å². The lowest BCUT2D eigenvalue weighted by Gasteiger charge is -2.12. The SMILES string of the molecule is CN(C)S(=O)(=O)c1ccc(F)c(C(=O)OCc2ccccc2[N+](=O)[O-])c1. The van der Waals surface area contributed by atoms with Crippen molar-refractivity contribution >= 4 is 21.7 Å². The smallest absolute Gasteiger partial charge is 0.341 e. The summed E-state index contributed by atoms with van der Waals surface area (Å²) in [6.45, 7) is -0.458. The first-order valence-corrected chi connectivity index (χ1v) is 8.70. The van der Waals surface area contributed by atoms with Crippen LogP contribution in [0.25, 0.3) is 0 Å². The summed E-state index contributed by atoms with van der Waals surface area (Å²) in [5.74, 6) is -2.09. The molecular formula is C16H15FN2O6S. The van der Waals surface area contributed by atoms with Crippen molar-refractivity contribution in [3.8, 4) is 0 Å². The number of nitro benzene ring substituents is 1. The molecule has 138 valence electrons. The third-order valence-corrected chi connectivity index (χ3v) is 5.29. The van der Waals surface area contributed by atoms with Crippen LogP contribution in [0.5, 0.6) is 0 Å². The molecule has 0 fully saturated rings. The Bertz CT molecular complexity index is 959. The summed E-state index contributed by atoms with van der Waals surface area (Å²) in [5.41, 5.74) is -0.695. The fraction of sp³-hybridized carbons (Fsp3) is 0.188. The fourth-order valence-electron chi connectivity index (χ4n) is 2.06. The molecule has 0 unspecified atom stereocenters. The molecule has 2 aromatic rings. The van der Waals surface area contributed by atoms with Crippen molar-refractivity contribution in [3.63, 3.8) is 0 Å². The lowest BCUT2D eigenvalue weighted by molar-refractivity contribution is -0.385. The van der Waals surface area contributed by atoms with Crippen LogP contribution >= 0.6 is 0 Å². The molecule has 0 saturated heterocycles. The highest BCUT2D eigenvalue weighted by atomic mass is 32.2. The van der Waals surface area contributed by atoms with E-state index in [1.165, 1.54) is 38.4 Å². The molecule has 0 atom stereocenters. The molecule has 0 saturated carbocycles. The number of halogens is 1. The first kappa shape index (κ1) is 19.5. The molecule has 0 radical (unpaired) electrons. The number of ether oxygens (including phenoxy) is 1. The van der Waals surface area contributed by atoms with Crippen molar-refractivity contribution in [3.05, 3.63) is 69.5 Å². The molecule has 0 aliphatic carbocycles. The highest BCUT2D eigenvalue weighted by Gasteiger charge is 2.23. The number of hydrogen-bond acceptors (Lipinski definition) is 6. The van der Waals surface area contributed by atoms with Crippen LogP contribution < -0.4 is 0 Å². The molecule has 0 aliphatic rings. The van der Waals surface area contributed by atoms with Gasteiger partial charge >= 0.3 is 5.97 Å². The summed E-state index contributed by atoms with van der Waals surface area (Å²) >= 11 is 0. The molecule has 2 aromatic carbocycles. The number of sulfonamides is 1. The van der Waals surface area contributed by atoms with Gasteiger partial charge in [0.25, 0.3) is 5.69 Å². The average molecular weight is 382 g/mol. The van der Waals surface area contributed by atoms with Gasteiger partial charge in [0.15, 0.2) is 0 Å². The fourth-order valence-corrected chi connectivity index (χ4v) is 2.99. The summed E-state index contributed by atoms with van der Waals surface area (Å²) in [5, 5.41) is 10.9. The summed E-state index contributed by atoms with van der Waals surface area (Å²) in [6.07, 6.45) is 0. The number of esters is 1. The maximum atomic E-state index is 13.9. The monoisotopic (exact) mass is 382 g/mol. The third kappa shape index (κ3) is 4.03. The predicted molar refractivity (Wildman–Crippen MR) is 89.5 cm³/mol.